The first-order valence-corrected chi connectivity index (χ1v) is 5.13. The Kier molecular flexibility index (Phi) is 2.20. The molecule has 0 bridgehead atoms. The molecule has 1 heterocycles. The highest BCUT2D eigenvalue weighted by molar-refractivity contribution is 9.10. The van der Waals surface area contributed by atoms with Gasteiger partial charge in [0.2, 0.25) is 0 Å². The van der Waals surface area contributed by atoms with Crippen LogP contribution in [-0.4, -0.2) is 0 Å². The maximum atomic E-state index is 3.59. The fraction of sp³-hybridized carbons (Fsp3) is 0.400. The molecular formula is C10H12BrN. The van der Waals surface area contributed by atoms with Gasteiger partial charge in [-0.1, -0.05) is 35.0 Å². The van der Waals surface area contributed by atoms with Gasteiger partial charge in [0.15, 0.2) is 0 Å². The van der Waals surface area contributed by atoms with E-state index in [2.05, 4.69) is 46.4 Å². The zero-order chi connectivity index (χ0) is 8.55. The van der Waals surface area contributed by atoms with E-state index < -0.39 is 0 Å². The van der Waals surface area contributed by atoms with Gasteiger partial charge >= 0.3 is 0 Å². The lowest BCUT2D eigenvalue weighted by Gasteiger charge is -2.09. The van der Waals surface area contributed by atoms with Crippen LogP contribution in [0, 0.1) is 0 Å². The number of hydrogen-bond donors (Lipinski definition) is 1. The zero-order valence-corrected chi connectivity index (χ0v) is 8.69. The standard InChI is InChI=1S/C10H12BrN/c1-2-9-10-7(6-12-9)4-3-5-8(10)11/h3-5,9,12H,2,6H2,1H3. The van der Waals surface area contributed by atoms with Crippen molar-refractivity contribution in [3.05, 3.63) is 33.8 Å². The summed E-state index contributed by atoms with van der Waals surface area (Å²) >= 11 is 3.59. The first-order chi connectivity index (χ1) is 5.83. The average Bonchev–Trinajstić information content (AvgIpc) is 2.49. The third-order valence-electron chi connectivity index (χ3n) is 2.44. The maximum absolute atomic E-state index is 3.59. The molecule has 1 aliphatic heterocycles. The molecule has 0 radical (unpaired) electrons. The highest BCUT2D eigenvalue weighted by Crippen LogP contribution is 2.33. The number of nitrogens with one attached hydrogen (secondary N) is 1. The molecule has 64 valence electrons. The normalized spacial score (nSPS) is 21.0. The van der Waals surface area contributed by atoms with Crippen LogP contribution in [0.2, 0.25) is 0 Å². The Morgan fingerprint density at radius 1 is 1.58 bits per heavy atom. The Hall–Kier alpha value is -0.340. The summed E-state index contributed by atoms with van der Waals surface area (Å²) in [4.78, 5) is 0. The largest absolute Gasteiger partial charge is 0.306 e. The molecule has 2 heteroatoms. The molecule has 0 amide bonds. The molecule has 1 aromatic carbocycles. The van der Waals surface area contributed by atoms with Gasteiger partial charge in [0.25, 0.3) is 0 Å². The molecule has 0 aliphatic carbocycles. The van der Waals surface area contributed by atoms with Crippen LogP contribution in [-0.2, 0) is 6.54 Å². The molecule has 0 saturated heterocycles. The Morgan fingerprint density at radius 2 is 2.42 bits per heavy atom. The lowest BCUT2D eigenvalue weighted by Crippen LogP contribution is -2.10. The van der Waals surface area contributed by atoms with Crippen LogP contribution in [0.5, 0.6) is 0 Å². The van der Waals surface area contributed by atoms with Gasteiger partial charge in [-0.3, -0.25) is 0 Å². The monoisotopic (exact) mass is 225 g/mol. The van der Waals surface area contributed by atoms with Crippen molar-refractivity contribution in [1.29, 1.82) is 0 Å². The van der Waals surface area contributed by atoms with E-state index in [0.717, 1.165) is 13.0 Å². The van der Waals surface area contributed by atoms with Gasteiger partial charge in [-0.05, 0) is 23.6 Å². The summed E-state index contributed by atoms with van der Waals surface area (Å²) < 4.78 is 1.25. The fourth-order valence-electron chi connectivity index (χ4n) is 1.81. The third kappa shape index (κ3) is 1.19. The van der Waals surface area contributed by atoms with Gasteiger partial charge in [-0.25, -0.2) is 0 Å². The number of halogens is 1. The Morgan fingerprint density at radius 3 is 3.17 bits per heavy atom. The highest BCUT2D eigenvalue weighted by Gasteiger charge is 2.21. The number of benzene rings is 1. The Balaban J connectivity index is 2.48. The molecule has 1 N–H and O–H groups in total. The smallest absolute Gasteiger partial charge is 0.0335 e. The van der Waals surface area contributed by atoms with E-state index >= 15 is 0 Å². The molecule has 12 heavy (non-hydrogen) atoms. The van der Waals surface area contributed by atoms with Crippen LogP contribution in [0.25, 0.3) is 0 Å². The van der Waals surface area contributed by atoms with Crippen LogP contribution in [0.15, 0.2) is 22.7 Å². The number of fused-ring (bicyclic) bond motifs is 1. The van der Waals surface area contributed by atoms with E-state index in [0.29, 0.717) is 6.04 Å². The van der Waals surface area contributed by atoms with Crippen molar-refractivity contribution in [3.63, 3.8) is 0 Å². The molecule has 1 nitrogen and oxygen atoms in total. The maximum Gasteiger partial charge on any atom is 0.0335 e. The predicted octanol–water partition coefficient (Wildman–Crippen LogP) is 3.00. The lowest BCUT2D eigenvalue weighted by molar-refractivity contribution is 0.566. The second-order valence-corrected chi connectivity index (χ2v) is 4.01. The van der Waals surface area contributed by atoms with E-state index in [9.17, 15) is 0 Å². The SMILES string of the molecule is CCC1NCc2cccc(Br)c21. The van der Waals surface area contributed by atoms with Gasteiger partial charge < -0.3 is 5.32 Å². The van der Waals surface area contributed by atoms with E-state index in [4.69, 9.17) is 0 Å². The summed E-state index contributed by atoms with van der Waals surface area (Å²) in [6.07, 6.45) is 1.16. The second-order valence-electron chi connectivity index (χ2n) is 3.15. The van der Waals surface area contributed by atoms with Crippen LogP contribution < -0.4 is 5.32 Å². The molecule has 2 rings (SSSR count). The average molecular weight is 226 g/mol. The van der Waals surface area contributed by atoms with Crippen LogP contribution in [0.3, 0.4) is 0 Å². The van der Waals surface area contributed by atoms with Crippen molar-refractivity contribution < 1.29 is 0 Å². The summed E-state index contributed by atoms with van der Waals surface area (Å²) in [7, 11) is 0. The van der Waals surface area contributed by atoms with E-state index in [1.807, 2.05) is 0 Å². The van der Waals surface area contributed by atoms with E-state index in [1.54, 1.807) is 0 Å². The molecule has 0 aromatic heterocycles. The summed E-state index contributed by atoms with van der Waals surface area (Å²) in [5, 5.41) is 3.48. The minimum Gasteiger partial charge on any atom is -0.306 e. The first-order valence-electron chi connectivity index (χ1n) is 4.33. The van der Waals surface area contributed by atoms with Crippen LogP contribution in [0.1, 0.15) is 30.5 Å². The molecule has 1 aromatic rings. The first kappa shape index (κ1) is 8.27. The number of hydrogen-bond acceptors (Lipinski definition) is 1. The van der Waals surface area contributed by atoms with Crippen molar-refractivity contribution in [2.45, 2.75) is 25.9 Å². The molecule has 1 atom stereocenters. The molecule has 0 spiro atoms. The van der Waals surface area contributed by atoms with Gasteiger partial charge in [0.05, 0.1) is 0 Å². The van der Waals surface area contributed by atoms with Crippen molar-refractivity contribution in [1.82, 2.24) is 5.32 Å². The van der Waals surface area contributed by atoms with Crippen molar-refractivity contribution in [3.8, 4) is 0 Å². The molecule has 1 unspecified atom stereocenters. The van der Waals surface area contributed by atoms with Crippen molar-refractivity contribution >= 4 is 15.9 Å². The van der Waals surface area contributed by atoms with Crippen LogP contribution >= 0.6 is 15.9 Å². The van der Waals surface area contributed by atoms with Gasteiger partial charge in [0, 0.05) is 17.1 Å². The minimum atomic E-state index is 0.551. The summed E-state index contributed by atoms with van der Waals surface area (Å²) in [6.45, 7) is 3.24. The van der Waals surface area contributed by atoms with Gasteiger partial charge in [0.1, 0.15) is 0 Å². The molecule has 0 fully saturated rings. The number of rotatable bonds is 1. The third-order valence-corrected chi connectivity index (χ3v) is 3.13. The summed E-state index contributed by atoms with van der Waals surface area (Å²) in [6, 6.07) is 6.97. The zero-order valence-electron chi connectivity index (χ0n) is 7.10. The minimum absolute atomic E-state index is 0.551. The van der Waals surface area contributed by atoms with Crippen molar-refractivity contribution in [2.75, 3.05) is 0 Å². The second kappa shape index (κ2) is 3.19. The summed E-state index contributed by atoms with van der Waals surface area (Å²) in [5.74, 6) is 0. The van der Waals surface area contributed by atoms with Gasteiger partial charge in [-0.15, -0.1) is 0 Å². The molecule has 1 aliphatic rings. The topological polar surface area (TPSA) is 12.0 Å². The van der Waals surface area contributed by atoms with E-state index in [-0.39, 0.29) is 0 Å². The quantitative estimate of drug-likeness (QED) is 0.776. The van der Waals surface area contributed by atoms with E-state index in [1.165, 1.54) is 15.6 Å². The lowest BCUT2D eigenvalue weighted by atomic mass is 10.0. The summed E-state index contributed by atoms with van der Waals surface area (Å²) in [5.41, 5.74) is 2.90. The highest BCUT2D eigenvalue weighted by atomic mass is 79.9. The predicted molar refractivity (Wildman–Crippen MR) is 54.0 cm³/mol. The van der Waals surface area contributed by atoms with Crippen LogP contribution in [0.4, 0.5) is 0 Å². The molecular weight excluding hydrogens is 214 g/mol. The van der Waals surface area contributed by atoms with Gasteiger partial charge in [-0.2, -0.15) is 0 Å². The fourth-order valence-corrected chi connectivity index (χ4v) is 2.49. The molecule has 0 saturated carbocycles. The Bertz CT molecular complexity index is 296. The Labute approximate surface area is 81.3 Å². The van der Waals surface area contributed by atoms with Crippen molar-refractivity contribution in [2.24, 2.45) is 0 Å².